The fraction of sp³-hybridized carbons (Fsp3) is 0. The molecule has 5 heteroatoms. The van der Waals surface area contributed by atoms with Crippen molar-refractivity contribution in [1.82, 2.24) is 0 Å². The number of rotatable bonds is 1. The highest BCUT2D eigenvalue weighted by atomic mass is 31.0. The molecule has 0 spiro atoms. The van der Waals surface area contributed by atoms with E-state index in [0.29, 0.717) is 5.56 Å². The minimum atomic E-state index is -0.879. The number of carbonyl (C=O) groups is 1. The van der Waals surface area contributed by atoms with E-state index in [2.05, 4.69) is 11.7 Å². The SMILES string of the molecule is NN.O=C(O)c1ccccc1.P. The second kappa shape index (κ2) is 8.14. The van der Waals surface area contributed by atoms with Crippen LogP contribution in [-0.4, -0.2) is 11.1 Å². The van der Waals surface area contributed by atoms with Crippen LogP contribution >= 0.6 is 9.90 Å². The Morgan fingerprint density at radius 2 is 1.58 bits per heavy atom. The molecule has 5 N–H and O–H groups in total. The fourth-order valence-electron chi connectivity index (χ4n) is 0.581. The van der Waals surface area contributed by atoms with Gasteiger partial charge in [-0.1, -0.05) is 18.2 Å². The Morgan fingerprint density at radius 1 is 1.17 bits per heavy atom. The highest BCUT2D eigenvalue weighted by molar-refractivity contribution is 6.92. The minimum Gasteiger partial charge on any atom is -0.478 e. The van der Waals surface area contributed by atoms with Gasteiger partial charge >= 0.3 is 5.97 Å². The van der Waals surface area contributed by atoms with Gasteiger partial charge in [0.15, 0.2) is 0 Å². The molecule has 0 fully saturated rings. The van der Waals surface area contributed by atoms with E-state index in [1.807, 2.05) is 0 Å². The molecule has 0 saturated carbocycles. The van der Waals surface area contributed by atoms with Crippen molar-refractivity contribution < 1.29 is 9.90 Å². The third-order valence-corrected chi connectivity index (χ3v) is 1.02. The van der Waals surface area contributed by atoms with Crippen molar-refractivity contribution in [3.8, 4) is 0 Å². The number of nitrogens with two attached hydrogens (primary N) is 2. The lowest BCUT2D eigenvalue weighted by Crippen LogP contribution is -2.02. The number of carboxylic acid groups (broad SMARTS) is 1. The second-order valence-corrected chi connectivity index (χ2v) is 1.67. The van der Waals surface area contributed by atoms with Crippen LogP contribution in [0, 0.1) is 0 Å². The lowest BCUT2D eigenvalue weighted by Gasteiger charge is -1.88. The van der Waals surface area contributed by atoms with Gasteiger partial charge in [-0.3, -0.25) is 11.7 Å². The van der Waals surface area contributed by atoms with Crippen molar-refractivity contribution in [2.45, 2.75) is 0 Å². The van der Waals surface area contributed by atoms with Crippen molar-refractivity contribution in [3.63, 3.8) is 0 Å². The summed E-state index contributed by atoms with van der Waals surface area (Å²) in [6.07, 6.45) is 0. The average Bonchev–Trinajstić information content (AvgIpc) is 2.10. The monoisotopic (exact) mass is 188 g/mol. The Morgan fingerprint density at radius 3 is 1.83 bits per heavy atom. The standard InChI is InChI=1S/C7H6O2.H4N2.H3P/c8-7(9)6-4-2-1-3-5-6;1-2;/h1-5H,(H,8,9);1-2H2;1H3. The lowest BCUT2D eigenvalue weighted by molar-refractivity contribution is 0.0697. The molecule has 1 aromatic carbocycles. The predicted molar refractivity (Wildman–Crippen MR) is 52.9 cm³/mol. The maximum absolute atomic E-state index is 10.2. The summed E-state index contributed by atoms with van der Waals surface area (Å²) in [5.41, 5.74) is 0.331. The van der Waals surface area contributed by atoms with E-state index in [1.165, 1.54) is 0 Å². The zero-order valence-electron chi connectivity index (χ0n) is 6.60. The van der Waals surface area contributed by atoms with E-state index >= 15 is 0 Å². The third-order valence-electron chi connectivity index (χ3n) is 1.02. The van der Waals surface area contributed by atoms with E-state index in [0.717, 1.165) is 0 Å². The highest BCUT2D eigenvalue weighted by Gasteiger charge is 1.96. The molecule has 0 aromatic heterocycles. The third kappa shape index (κ3) is 4.79. The van der Waals surface area contributed by atoms with Crippen molar-refractivity contribution in [2.24, 2.45) is 11.7 Å². The van der Waals surface area contributed by atoms with Crippen molar-refractivity contribution >= 4 is 15.9 Å². The van der Waals surface area contributed by atoms with Gasteiger partial charge in [-0.05, 0) is 12.1 Å². The van der Waals surface area contributed by atoms with Gasteiger partial charge in [0.25, 0.3) is 0 Å². The summed E-state index contributed by atoms with van der Waals surface area (Å²) in [5, 5.41) is 8.38. The van der Waals surface area contributed by atoms with Gasteiger partial charge in [-0.2, -0.15) is 9.90 Å². The summed E-state index contributed by atoms with van der Waals surface area (Å²) in [4.78, 5) is 10.2. The molecule has 1 unspecified atom stereocenters. The first-order valence-corrected chi connectivity index (χ1v) is 2.92. The molecule has 1 atom stereocenters. The molecule has 1 rings (SSSR count). The van der Waals surface area contributed by atoms with E-state index in [4.69, 9.17) is 5.11 Å². The van der Waals surface area contributed by atoms with Crippen LogP contribution in [0.1, 0.15) is 10.4 Å². The van der Waals surface area contributed by atoms with Gasteiger partial charge in [0.05, 0.1) is 5.56 Å². The Kier molecular flexibility index (Phi) is 9.24. The van der Waals surface area contributed by atoms with Crippen molar-refractivity contribution in [2.75, 3.05) is 0 Å². The van der Waals surface area contributed by atoms with Gasteiger partial charge < -0.3 is 5.11 Å². The van der Waals surface area contributed by atoms with E-state index in [-0.39, 0.29) is 9.90 Å². The molecule has 0 aliphatic rings. The summed E-state index contributed by atoms with van der Waals surface area (Å²) in [6.45, 7) is 0. The molecular formula is C7H13N2O2P. The summed E-state index contributed by atoms with van der Waals surface area (Å²) in [5.74, 6) is 7.12. The predicted octanol–water partition coefficient (Wildman–Crippen LogP) is 0.262. The summed E-state index contributed by atoms with van der Waals surface area (Å²) < 4.78 is 0. The molecule has 1 aromatic rings. The fourth-order valence-corrected chi connectivity index (χ4v) is 0.581. The van der Waals surface area contributed by atoms with Crippen LogP contribution in [0.5, 0.6) is 0 Å². The van der Waals surface area contributed by atoms with Crippen LogP contribution < -0.4 is 11.7 Å². The normalized spacial score (nSPS) is 7.17. The minimum absolute atomic E-state index is 0. The Labute approximate surface area is 74.2 Å². The Balaban J connectivity index is 0. The number of benzene rings is 1. The molecule has 0 aliphatic heterocycles. The number of hydrogen-bond acceptors (Lipinski definition) is 3. The van der Waals surface area contributed by atoms with Gasteiger partial charge in [0.1, 0.15) is 0 Å². The molecule has 68 valence electrons. The first kappa shape index (κ1) is 13.6. The molecule has 0 bridgehead atoms. The highest BCUT2D eigenvalue weighted by Crippen LogP contribution is 1.96. The Hall–Kier alpha value is -0.960. The van der Waals surface area contributed by atoms with Crippen LogP contribution in [0.15, 0.2) is 30.3 Å². The maximum atomic E-state index is 10.2. The van der Waals surface area contributed by atoms with Crippen LogP contribution in [-0.2, 0) is 0 Å². The second-order valence-electron chi connectivity index (χ2n) is 1.67. The quantitative estimate of drug-likeness (QED) is 0.335. The molecule has 12 heavy (non-hydrogen) atoms. The molecule has 0 saturated heterocycles. The van der Waals surface area contributed by atoms with E-state index in [9.17, 15) is 4.79 Å². The van der Waals surface area contributed by atoms with E-state index < -0.39 is 5.97 Å². The first-order valence-electron chi connectivity index (χ1n) is 2.92. The number of hydrogen-bond donors (Lipinski definition) is 3. The molecule has 0 amide bonds. The zero-order chi connectivity index (χ0) is 8.69. The molecule has 0 heterocycles. The average molecular weight is 188 g/mol. The molecule has 4 nitrogen and oxygen atoms in total. The maximum Gasteiger partial charge on any atom is 0.335 e. The lowest BCUT2D eigenvalue weighted by atomic mass is 10.2. The van der Waals surface area contributed by atoms with Gasteiger partial charge in [0.2, 0.25) is 0 Å². The summed E-state index contributed by atoms with van der Waals surface area (Å²) >= 11 is 0. The number of hydrazine groups is 1. The van der Waals surface area contributed by atoms with Crippen LogP contribution in [0.4, 0.5) is 0 Å². The van der Waals surface area contributed by atoms with Gasteiger partial charge in [0, 0.05) is 0 Å². The van der Waals surface area contributed by atoms with Crippen molar-refractivity contribution in [3.05, 3.63) is 35.9 Å². The summed E-state index contributed by atoms with van der Waals surface area (Å²) in [6, 6.07) is 8.30. The largest absolute Gasteiger partial charge is 0.478 e. The van der Waals surface area contributed by atoms with E-state index in [1.54, 1.807) is 30.3 Å². The zero-order valence-corrected chi connectivity index (χ0v) is 8.02. The van der Waals surface area contributed by atoms with Gasteiger partial charge in [-0.25, -0.2) is 4.79 Å². The van der Waals surface area contributed by atoms with Crippen molar-refractivity contribution in [1.29, 1.82) is 0 Å². The topological polar surface area (TPSA) is 89.3 Å². The van der Waals surface area contributed by atoms with Crippen LogP contribution in [0.3, 0.4) is 0 Å². The Bertz CT molecular complexity index is 216. The molecular weight excluding hydrogens is 175 g/mol. The van der Waals surface area contributed by atoms with Crippen LogP contribution in [0.2, 0.25) is 0 Å². The molecule has 0 aliphatic carbocycles. The molecule has 0 radical (unpaired) electrons. The number of aromatic carboxylic acids is 1. The van der Waals surface area contributed by atoms with Gasteiger partial charge in [-0.15, -0.1) is 0 Å². The summed E-state index contributed by atoms with van der Waals surface area (Å²) in [7, 11) is 0. The number of carboxylic acids is 1. The first-order chi connectivity index (χ1) is 5.30. The smallest absolute Gasteiger partial charge is 0.335 e. The van der Waals surface area contributed by atoms with Crippen LogP contribution in [0.25, 0.3) is 0 Å².